The van der Waals surface area contributed by atoms with E-state index in [0.717, 1.165) is 11.1 Å². The molecule has 2 aromatic rings. The second-order valence-electron chi connectivity index (χ2n) is 3.02. The van der Waals surface area contributed by atoms with Gasteiger partial charge < -0.3 is 10.5 Å². The predicted octanol–water partition coefficient (Wildman–Crippen LogP) is 2.32. The average molecular weight is 224 g/mol. The van der Waals surface area contributed by atoms with E-state index in [4.69, 9.17) is 22.1 Å². The number of nitrogen functional groups attached to an aromatic ring is 1. The first-order chi connectivity index (χ1) is 7.24. The molecule has 5 heteroatoms. The first-order valence-corrected chi connectivity index (χ1v) is 4.73. The van der Waals surface area contributed by atoms with E-state index >= 15 is 0 Å². The van der Waals surface area contributed by atoms with Gasteiger partial charge in [-0.15, -0.1) is 0 Å². The van der Waals surface area contributed by atoms with Crippen molar-refractivity contribution in [2.45, 2.75) is 0 Å². The molecule has 2 rings (SSSR count). The summed E-state index contributed by atoms with van der Waals surface area (Å²) in [6.07, 6.45) is 1.64. The fourth-order valence-corrected chi connectivity index (χ4v) is 1.69. The van der Waals surface area contributed by atoms with Gasteiger partial charge in [-0.25, -0.2) is 0 Å². The van der Waals surface area contributed by atoms with Gasteiger partial charge in [0.2, 0.25) is 0 Å². The van der Waals surface area contributed by atoms with E-state index in [0.29, 0.717) is 16.6 Å². The van der Waals surface area contributed by atoms with Gasteiger partial charge in [0.1, 0.15) is 11.6 Å². The number of hydrogen-bond acceptors (Lipinski definition) is 3. The average Bonchev–Trinajstić information content (AvgIpc) is 2.64. The van der Waals surface area contributed by atoms with Crippen molar-refractivity contribution in [1.82, 2.24) is 10.2 Å². The minimum atomic E-state index is 0.496. The molecule has 0 atom stereocenters. The van der Waals surface area contributed by atoms with E-state index in [2.05, 4.69) is 10.2 Å². The van der Waals surface area contributed by atoms with Gasteiger partial charge in [0, 0.05) is 11.1 Å². The smallest absolute Gasteiger partial charge is 0.145 e. The van der Waals surface area contributed by atoms with Gasteiger partial charge in [0.05, 0.1) is 18.3 Å². The van der Waals surface area contributed by atoms with Crippen molar-refractivity contribution in [1.29, 1.82) is 0 Å². The lowest BCUT2D eigenvalue weighted by Gasteiger charge is -2.08. The van der Waals surface area contributed by atoms with Gasteiger partial charge in [-0.3, -0.25) is 5.10 Å². The molecular weight excluding hydrogens is 214 g/mol. The second kappa shape index (κ2) is 3.82. The van der Waals surface area contributed by atoms with Crippen LogP contribution >= 0.6 is 11.6 Å². The van der Waals surface area contributed by atoms with Crippen molar-refractivity contribution in [3.8, 4) is 16.9 Å². The minimum absolute atomic E-state index is 0.496. The predicted molar refractivity (Wildman–Crippen MR) is 60.0 cm³/mol. The van der Waals surface area contributed by atoms with Crippen LogP contribution in [0.3, 0.4) is 0 Å². The van der Waals surface area contributed by atoms with Crippen LogP contribution in [0.15, 0.2) is 24.4 Å². The third-order valence-corrected chi connectivity index (χ3v) is 2.43. The van der Waals surface area contributed by atoms with E-state index in [9.17, 15) is 0 Å². The van der Waals surface area contributed by atoms with Crippen molar-refractivity contribution in [2.75, 3.05) is 12.8 Å². The summed E-state index contributed by atoms with van der Waals surface area (Å²) in [5.74, 6) is 1.10. The molecule has 0 saturated heterocycles. The standard InChI is InChI=1S/C10H10ClN3O/c1-15-9-6(3-2-4-8(9)11)7-5-13-14-10(7)12/h2-5H,1H3,(H3,12,13,14). The number of aromatic nitrogens is 2. The molecule has 1 aromatic carbocycles. The summed E-state index contributed by atoms with van der Waals surface area (Å²) in [7, 11) is 1.57. The molecule has 0 bridgehead atoms. The van der Waals surface area contributed by atoms with Crippen LogP contribution in [0.1, 0.15) is 0 Å². The minimum Gasteiger partial charge on any atom is -0.495 e. The number of ether oxygens (including phenoxy) is 1. The van der Waals surface area contributed by atoms with Crippen LogP contribution in [0.25, 0.3) is 11.1 Å². The summed E-state index contributed by atoms with van der Waals surface area (Å²) in [4.78, 5) is 0. The third kappa shape index (κ3) is 1.64. The van der Waals surface area contributed by atoms with E-state index in [1.165, 1.54) is 0 Å². The highest BCUT2D eigenvalue weighted by Crippen LogP contribution is 2.37. The number of rotatable bonds is 2. The van der Waals surface area contributed by atoms with Crippen LogP contribution in [0.2, 0.25) is 5.02 Å². The highest BCUT2D eigenvalue weighted by Gasteiger charge is 2.12. The molecule has 0 fully saturated rings. The molecule has 78 valence electrons. The first-order valence-electron chi connectivity index (χ1n) is 4.35. The highest BCUT2D eigenvalue weighted by atomic mass is 35.5. The number of anilines is 1. The van der Waals surface area contributed by atoms with Gasteiger partial charge in [-0.1, -0.05) is 23.7 Å². The van der Waals surface area contributed by atoms with Crippen LogP contribution < -0.4 is 10.5 Å². The van der Waals surface area contributed by atoms with Gasteiger partial charge in [0.15, 0.2) is 0 Å². The Morgan fingerprint density at radius 2 is 2.20 bits per heavy atom. The van der Waals surface area contributed by atoms with Gasteiger partial charge >= 0.3 is 0 Å². The zero-order valence-electron chi connectivity index (χ0n) is 8.12. The molecule has 0 radical (unpaired) electrons. The number of halogens is 1. The molecule has 0 spiro atoms. The zero-order chi connectivity index (χ0) is 10.8. The van der Waals surface area contributed by atoms with Crippen LogP contribution in [-0.2, 0) is 0 Å². The Bertz CT molecular complexity index is 481. The lowest BCUT2D eigenvalue weighted by molar-refractivity contribution is 0.416. The summed E-state index contributed by atoms with van der Waals surface area (Å²) >= 11 is 6.00. The molecule has 0 amide bonds. The van der Waals surface area contributed by atoms with Gasteiger partial charge in [-0.2, -0.15) is 5.10 Å². The van der Waals surface area contributed by atoms with Gasteiger partial charge in [0.25, 0.3) is 0 Å². The topological polar surface area (TPSA) is 63.9 Å². The third-order valence-electron chi connectivity index (χ3n) is 2.13. The van der Waals surface area contributed by atoms with Crippen molar-refractivity contribution in [2.24, 2.45) is 0 Å². The quantitative estimate of drug-likeness (QED) is 0.821. The number of nitrogens with one attached hydrogen (secondary N) is 1. The number of aromatic amines is 1. The number of nitrogens with zero attached hydrogens (tertiary/aromatic N) is 1. The Hall–Kier alpha value is -1.68. The molecule has 0 aliphatic carbocycles. The normalized spacial score (nSPS) is 10.3. The fraction of sp³-hybridized carbons (Fsp3) is 0.100. The molecule has 4 nitrogen and oxygen atoms in total. The van der Waals surface area contributed by atoms with Crippen molar-refractivity contribution in [3.63, 3.8) is 0 Å². The first kappa shape index (κ1) is 9.86. The number of nitrogens with two attached hydrogens (primary N) is 1. The second-order valence-corrected chi connectivity index (χ2v) is 3.43. The van der Waals surface area contributed by atoms with Gasteiger partial charge in [-0.05, 0) is 6.07 Å². The van der Waals surface area contributed by atoms with Crippen molar-refractivity contribution < 1.29 is 4.74 Å². The maximum absolute atomic E-state index is 6.00. The summed E-state index contributed by atoms with van der Waals surface area (Å²) in [6, 6.07) is 5.48. The number of H-pyrrole nitrogens is 1. The number of methoxy groups -OCH3 is 1. The molecule has 1 heterocycles. The van der Waals surface area contributed by atoms with Crippen LogP contribution in [0.4, 0.5) is 5.82 Å². The Kier molecular flexibility index (Phi) is 2.51. The summed E-state index contributed by atoms with van der Waals surface area (Å²) < 4.78 is 5.23. The fourth-order valence-electron chi connectivity index (χ4n) is 1.44. The SMILES string of the molecule is COc1c(Cl)cccc1-c1cn[nH]c1N. The molecule has 15 heavy (non-hydrogen) atoms. The molecular formula is C10H10ClN3O. The molecule has 0 unspecified atom stereocenters. The maximum Gasteiger partial charge on any atom is 0.145 e. The Labute approximate surface area is 92.0 Å². The number of benzene rings is 1. The Balaban J connectivity index is 2.63. The van der Waals surface area contributed by atoms with Crippen LogP contribution in [0, 0.1) is 0 Å². The van der Waals surface area contributed by atoms with Crippen molar-refractivity contribution >= 4 is 17.4 Å². The lowest BCUT2D eigenvalue weighted by atomic mass is 10.1. The summed E-state index contributed by atoms with van der Waals surface area (Å²) in [5, 5.41) is 7.07. The summed E-state index contributed by atoms with van der Waals surface area (Å²) in [6.45, 7) is 0. The molecule has 0 aliphatic rings. The maximum atomic E-state index is 6.00. The van der Waals surface area contributed by atoms with E-state index in [-0.39, 0.29) is 0 Å². The largest absolute Gasteiger partial charge is 0.495 e. The van der Waals surface area contributed by atoms with Crippen LogP contribution in [-0.4, -0.2) is 17.3 Å². The summed E-state index contributed by atoms with van der Waals surface area (Å²) in [5.41, 5.74) is 7.35. The molecule has 3 N–H and O–H groups in total. The number of hydrogen-bond donors (Lipinski definition) is 2. The Morgan fingerprint density at radius 3 is 2.80 bits per heavy atom. The van der Waals surface area contributed by atoms with Crippen LogP contribution in [0.5, 0.6) is 5.75 Å². The number of para-hydroxylation sites is 1. The molecule has 0 saturated carbocycles. The van der Waals surface area contributed by atoms with E-state index < -0.39 is 0 Å². The highest BCUT2D eigenvalue weighted by molar-refractivity contribution is 6.32. The van der Waals surface area contributed by atoms with Crippen molar-refractivity contribution in [3.05, 3.63) is 29.4 Å². The molecule has 1 aromatic heterocycles. The lowest BCUT2D eigenvalue weighted by Crippen LogP contribution is -1.91. The van der Waals surface area contributed by atoms with E-state index in [1.807, 2.05) is 12.1 Å². The zero-order valence-corrected chi connectivity index (χ0v) is 8.88. The molecule has 0 aliphatic heterocycles. The van der Waals surface area contributed by atoms with E-state index in [1.54, 1.807) is 19.4 Å². The monoisotopic (exact) mass is 223 g/mol. The Morgan fingerprint density at radius 1 is 1.40 bits per heavy atom.